The Labute approximate surface area is 143 Å². The smallest absolute Gasteiger partial charge is 0.374 e. The summed E-state index contributed by atoms with van der Waals surface area (Å²) >= 11 is 0. The maximum Gasteiger partial charge on any atom is 0.416 e. The lowest BCUT2D eigenvalue weighted by atomic mass is 10.1. The molecule has 1 atom stereocenters. The average Bonchev–Trinajstić information content (AvgIpc) is 2.56. The molecule has 0 aliphatic rings. The summed E-state index contributed by atoms with van der Waals surface area (Å²) in [6, 6.07) is 12.8. The van der Waals surface area contributed by atoms with Crippen LogP contribution in [0.15, 0.2) is 48.5 Å². The van der Waals surface area contributed by atoms with Crippen LogP contribution in [0.4, 0.5) is 24.5 Å². The summed E-state index contributed by atoms with van der Waals surface area (Å²) in [5.74, 6) is -0.374. The number of rotatable bonds is 5. The molecule has 4 nitrogen and oxygen atoms in total. The summed E-state index contributed by atoms with van der Waals surface area (Å²) in [6.07, 6.45) is -4.10. The van der Waals surface area contributed by atoms with Crippen molar-refractivity contribution in [1.82, 2.24) is 0 Å². The van der Waals surface area contributed by atoms with Gasteiger partial charge in [-0.05, 0) is 48.9 Å². The first-order chi connectivity index (χ1) is 11.8. The number of hydrogen-bond acceptors (Lipinski definition) is 3. The van der Waals surface area contributed by atoms with Crippen LogP contribution in [0.3, 0.4) is 0 Å². The van der Waals surface area contributed by atoms with Gasteiger partial charge in [-0.25, -0.2) is 0 Å². The van der Waals surface area contributed by atoms with Crippen LogP contribution in [0.1, 0.15) is 18.1 Å². The minimum atomic E-state index is -4.41. The number of anilines is 2. The molecule has 0 radical (unpaired) electrons. The van der Waals surface area contributed by atoms with Gasteiger partial charge in [-0.2, -0.15) is 18.4 Å². The van der Waals surface area contributed by atoms with E-state index >= 15 is 0 Å². The molecule has 0 saturated carbocycles. The Hall–Kier alpha value is -3.01. The summed E-state index contributed by atoms with van der Waals surface area (Å²) < 4.78 is 37.5. The normalized spacial score (nSPS) is 12.1. The third kappa shape index (κ3) is 5.24. The molecule has 0 spiro atoms. The monoisotopic (exact) mass is 347 g/mol. The van der Waals surface area contributed by atoms with Gasteiger partial charge in [-0.3, -0.25) is 4.79 Å². The van der Waals surface area contributed by atoms with Gasteiger partial charge in [0.15, 0.2) is 0 Å². The van der Waals surface area contributed by atoms with Crippen LogP contribution in [0, 0.1) is 11.3 Å². The van der Waals surface area contributed by atoms with Crippen LogP contribution in [0.5, 0.6) is 0 Å². The lowest BCUT2D eigenvalue weighted by molar-refractivity contribution is -0.137. The lowest BCUT2D eigenvalue weighted by Crippen LogP contribution is -2.31. The number of hydrogen-bond donors (Lipinski definition) is 2. The van der Waals surface area contributed by atoms with Gasteiger partial charge in [0.25, 0.3) is 0 Å². The highest BCUT2D eigenvalue weighted by Crippen LogP contribution is 2.29. The predicted molar refractivity (Wildman–Crippen MR) is 88.9 cm³/mol. The van der Waals surface area contributed by atoms with Gasteiger partial charge in [0.2, 0.25) is 5.91 Å². The molecule has 130 valence electrons. The number of nitrogens with zero attached hydrogens (tertiary/aromatic N) is 1. The van der Waals surface area contributed by atoms with Crippen molar-refractivity contribution in [2.45, 2.75) is 25.6 Å². The van der Waals surface area contributed by atoms with E-state index in [0.29, 0.717) is 12.1 Å². The highest BCUT2D eigenvalue weighted by Gasteiger charge is 2.30. The highest BCUT2D eigenvalue weighted by atomic mass is 19.4. The maximum absolute atomic E-state index is 12.5. The molecule has 0 aromatic heterocycles. The molecule has 7 heteroatoms. The van der Waals surface area contributed by atoms with Gasteiger partial charge >= 0.3 is 6.18 Å². The molecule has 0 fully saturated rings. The van der Waals surface area contributed by atoms with Crippen molar-refractivity contribution >= 4 is 17.3 Å². The Morgan fingerprint density at radius 1 is 1.08 bits per heavy atom. The number of alkyl halides is 3. The maximum atomic E-state index is 12.5. The van der Waals surface area contributed by atoms with Crippen molar-refractivity contribution in [3.8, 4) is 6.07 Å². The minimum absolute atomic E-state index is 0.288. The second-order valence-electron chi connectivity index (χ2n) is 5.46. The number of carbonyl (C=O) groups excluding carboxylic acids is 1. The topological polar surface area (TPSA) is 64.9 Å². The zero-order chi connectivity index (χ0) is 18.4. The van der Waals surface area contributed by atoms with E-state index < -0.39 is 17.8 Å². The van der Waals surface area contributed by atoms with Crippen molar-refractivity contribution in [3.63, 3.8) is 0 Å². The molecule has 2 aromatic rings. The standard InChI is InChI=1S/C18H16F3N3O/c1-12(23-15-6-2-13(3-7-15)10-11-22)17(25)24-16-8-4-14(5-9-16)18(19,20)21/h2-9,12,23H,10H2,1H3,(H,24,25). The van der Waals surface area contributed by atoms with Gasteiger partial charge in [0.05, 0.1) is 18.1 Å². The van der Waals surface area contributed by atoms with E-state index in [4.69, 9.17) is 5.26 Å². The molecule has 0 aliphatic carbocycles. The summed E-state index contributed by atoms with van der Waals surface area (Å²) in [6.45, 7) is 1.64. The van der Waals surface area contributed by atoms with Crippen LogP contribution >= 0.6 is 0 Å². The summed E-state index contributed by atoms with van der Waals surface area (Å²) in [5, 5.41) is 14.2. The van der Waals surface area contributed by atoms with E-state index in [1.54, 1.807) is 31.2 Å². The van der Waals surface area contributed by atoms with E-state index in [2.05, 4.69) is 10.6 Å². The van der Waals surface area contributed by atoms with E-state index in [1.807, 2.05) is 6.07 Å². The molecular formula is C18H16F3N3O. The molecule has 0 aliphatic heterocycles. The van der Waals surface area contributed by atoms with Crippen LogP contribution < -0.4 is 10.6 Å². The Bertz CT molecular complexity index is 762. The Balaban J connectivity index is 1.94. The number of nitrogens with one attached hydrogen (secondary N) is 2. The van der Waals surface area contributed by atoms with Gasteiger partial charge in [0, 0.05) is 11.4 Å². The second kappa shape index (κ2) is 7.71. The van der Waals surface area contributed by atoms with Crippen LogP contribution in [0.2, 0.25) is 0 Å². The molecule has 2 N–H and O–H groups in total. The number of nitriles is 1. The number of carbonyl (C=O) groups is 1. The first-order valence-corrected chi connectivity index (χ1v) is 7.50. The number of halogens is 3. The van der Waals surface area contributed by atoms with Crippen molar-refractivity contribution < 1.29 is 18.0 Å². The molecule has 0 bridgehead atoms. The zero-order valence-electron chi connectivity index (χ0n) is 13.4. The third-order valence-corrected chi connectivity index (χ3v) is 3.49. The highest BCUT2D eigenvalue weighted by molar-refractivity contribution is 5.96. The minimum Gasteiger partial charge on any atom is -0.374 e. The van der Waals surface area contributed by atoms with Crippen molar-refractivity contribution in [2.75, 3.05) is 10.6 Å². The second-order valence-corrected chi connectivity index (χ2v) is 5.46. The Morgan fingerprint density at radius 3 is 2.16 bits per heavy atom. The van der Waals surface area contributed by atoms with Gasteiger partial charge in [-0.1, -0.05) is 12.1 Å². The fourth-order valence-corrected chi connectivity index (χ4v) is 2.12. The van der Waals surface area contributed by atoms with E-state index in [0.717, 1.165) is 17.7 Å². The van der Waals surface area contributed by atoms with Crippen LogP contribution in [-0.2, 0) is 17.4 Å². The number of amides is 1. The SMILES string of the molecule is CC(Nc1ccc(CC#N)cc1)C(=O)Nc1ccc(C(F)(F)F)cc1. The fourth-order valence-electron chi connectivity index (χ4n) is 2.12. The van der Waals surface area contributed by atoms with Crippen molar-refractivity contribution in [2.24, 2.45) is 0 Å². The van der Waals surface area contributed by atoms with Crippen LogP contribution in [0.25, 0.3) is 0 Å². The largest absolute Gasteiger partial charge is 0.416 e. The van der Waals surface area contributed by atoms with Crippen LogP contribution in [-0.4, -0.2) is 11.9 Å². The first kappa shape index (κ1) is 18.3. The molecule has 1 unspecified atom stereocenters. The van der Waals surface area contributed by atoms with E-state index in [1.165, 1.54) is 12.1 Å². The average molecular weight is 347 g/mol. The molecule has 25 heavy (non-hydrogen) atoms. The summed E-state index contributed by atoms with van der Waals surface area (Å²) in [7, 11) is 0. The molecule has 0 saturated heterocycles. The molecule has 2 aromatic carbocycles. The molecule has 2 rings (SSSR count). The quantitative estimate of drug-likeness (QED) is 0.851. The van der Waals surface area contributed by atoms with E-state index in [9.17, 15) is 18.0 Å². The Morgan fingerprint density at radius 2 is 1.64 bits per heavy atom. The molecule has 1 amide bonds. The van der Waals surface area contributed by atoms with Gasteiger partial charge in [-0.15, -0.1) is 0 Å². The van der Waals surface area contributed by atoms with Gasteiger partial charge < -0.3 is 10.6 Å². The van der Waals surface area contributed by atoms with E-state index in [-0.39, 0.29) is 11.6 Å². The summed E-state index contributed by atoms with van der Waals surface area (Å²) in [4.78, 5) is 12.1. The predicted octanol–water partition coefficient (Wildman–Crippen LogP) is 4.21. The molecular weight excluding hydrogens is 331 g/mol. The van der Waals surface area contributed by atoms with Crippen molar-refractivity contribution in [3.05, 3.63) is 59.7 Å². The number of benzene rings is 2. The lowest BCUT2D eigenvalue weighted by Gasteiger charge is -2.16. The fraction of sp³-hybridized carbons (Fsp3) is 0.222. The van der Waals surface area contributed by atoms with Crippen molar-refractivity contribution in [1.29, 1.82) is 5.26 Å². The summed E-state index contributed by atoms with van der Waals surface area (Å²) in [5.41, 5.74) is 1.09. The zero-order valence-corrected chi connectivity index (χ0v) is 13.4. The third-order valence-electron chi connectivity index (χ3n) is 3.49. The van der Waals surface area contributed by atoms with Gasteiger partial charge in [0.1, 0.15) is 6.04 Å². The Kier molecular flexibility index (Phi) is 5.65. The molecule has 0 heterocycles. The first-order valence-electron chi connectivity index (χ1n) is 7.50.